The van der Waals surface area contributed by atoms with Crippen LogP contribution in [0.4, 0.5) is 5.69 Å². The van der Waals surface area contributed by atoms with Gasteiger partial charge in [-0.1, -0.05) is 0 Å². The predicted molar refractivity (Wildman–Crippen MR) is 70.7 cm³/mol. The lowest BCUT2D eigenvalue weighted by Crippen LogP contribution is -1.90. The fourth-order valence-electron chi connectivity index (χ4n) is 1.70. The van der Waals surface area contributed by atoms with Gasteiger partial charge in [0.2, 0.25) is 0 Å². The van der Waals surface area contributed by atoms with Crippen molar-refractivity contribution in [3.05, 3.63) is 30.0 Å². The molecule has 4 nitrogen and oxygen atoms in total. The lowest BCUT2D eigenvalue weighted by molar-refractivity contribution is 1.01. The molecule has 3 N–H and O–H groups in total. The average molecular weight is 259 g/mol. The van der Waals surface area contributed by atoms with Crippen molar-refractivity contribution in [2.24, 2.45) is 0 Å². The van der Waals surface area contributed by atoms with Crippen LogP contribution >= 0.6 is 24.8 Å². The van der Waals surface area contributed by atoms with Crippen LogP contribution in [0.15, 0.2) is 24.4 Å². The van der Waals surface area contributed by atoms with Crippen LogP contribution in [0.3, 0.4) is 0 Å². The molecule has 0 atom stereocenters. The Hall–Kier alpha value is -1.39. The first-order valence-corrected chi connectivity index (χ1v) is 4.47. The summed E-state index contributed by atoms with van der Waals surface area (Å²) in [6.07, 6.45) is 1.86. The number of imidazole rings is 1. The maximum Gasteiger partial charge on any atom is 0.154 e. The minimum absolute atomic E-state index is 0. The smallest absolute Gasteiger partial charge is 0.154 e. The highest BCUT2D eigenvalue weighted by molar-refractivity contribution is 5.86. The average Bonchev–Trinajstić information content (AvgIpc) is 2.68. The maximum absolute atomic E-state index is 5.85. The van der Waals surface area contributed by atoms with Crippen LogP contribution in [-0.4, -0.2) is 14.6 Å². The number of halogens is 2. The van der Waals surface area contributed by atoms with Gasteiger partial charge in [-0.25, -0.2) is 9.50 Å². The molecule has 0 saturated carbocycles. The van der Waals surface area contributed by atoms with Gasteiger partial charge in [0.05, 0.1) is 11.0 Å². The normalized spacial score (nSPS) is 10.1. The van der Waals surface area contributed by atoms with Crippen LogP contribution in [0.1, 0.15) is 5.56 Å². The summed E-state index contributed by atoms with van der Waals surface area (Å²) in [7, 11) is 0. The van der Waals surface area contributed by atoms with E-state index in [1.54, 1.807) is 0 Å². The molecule has 16 heavy (non-hydrogen) atoms. The van der Waals surface area contributed by atoms with Gasteiger partial charge < -0.3 is 5.73 Å². The van der Waals surface area contributed by atoms with Gasteiger partial charge in [-0.15, -0.1) is 24.8 Å². The third-order valence-electron chi connectivity index (χ3n) is 2.50. The van der Waals surface area contributed by atoms with Crippen molar-refractivity contribution >= 4 is 47.2 Å². The highest BCUT2D eigenvalue weighted by atomic mass is 35.5. The Balaban J connectivity index is 0.000000640. The first-order valence-electron chi connectivity index (χ1n) is 4.47. The summed E-state index contributed by atoms with van der Waals surface area (Å²) >= 11 is 0. The number of aryl methyl sites for hydroxylation is 1. The van der Waals surface area contributed by atoms with E-state index in [2.05, 4.69) is 10.1 Å². The van der Waals surface area contributed by atoms with E-state index in [1.165, 1.54) is 0 Å². The van der Waals surface area contributed by atoms with Crippen LogP contribution in [0.2, 0.25) is 0 Å². The number of nitrogens with zero attached hydrogens (tertiary/aromatic N) is 2. The minimum Gasteiger partial charge on any atom is -0.398 e. The van der Waals surface area contributed by atoms with Gasteiger partial charge in [-0.3, -0.25) is 5.10 Å². The Labute approximate surface area is 105 Å². The summed E-state index contributed by atoms with van der Waals surface area (Å²) in [5, 5.41) is 3.09. The molecule has 0 aliphatic heterocycles. The zero-order valence-electron chi connectivity index (χ0n) is 8.60. The van der Waals surface area contributed by atoms with Crippen LogP contribution in [0.25, 0.3) is 16.7 Å². The van der Waals surface area contributed by atoms with E-state index in [-0.39, 0.29) is 24.8 Å². The summed E-state index contributed by atoms with van der Waals surface area (Å²) in [6, 6.07) is 5.89. The van der Waals surface area contributed by atoms with Crippen molar-refractivity contribution in [2.75, 3.05) is 5.73 Å². The molecule has 3 rings (SSSR count). The Morgan fingerprint density at radius 2 is 2.06 bits per heavy atom. The van der Waals surface area contributed by atoms with Crippen molar-refractivity contribution in [1.82, 2.24) is 14.6 Å². The highest BCUT2D eigenvalue weighted by Gasteiger charge is 2.06. The molecule has 2 heterocycles. The summed E-state index contributed by atoms with van der Waals surface area (Å²) in [4.78, 5) is 4.45. The van der Waals surface area contributed by atoms with Crippen molar-refractivity contribution in [1.29, 1.82) is 0 Å². The molecule has 1 aromatic carbocycles. The second-order valence-corrected chi connectivity index (χ2v) is 3.47. The molecule has 6 heteroatoms. The lowest BCUT2D eigenvalue weighted by Gasteiger charge is -1.98. The topological polar surface area (TPSA) is 59.1 Å². The van der Waals surface area contributed by atoms with E-state index in [0.717, 1.165) is 27.9 Å². The molecule has 0 unspecified atom stereocenters. The third kappa shape index (κ3) is 1.60. The molecule has 0 bridgehead atoms. The Morgan fingerprint density at radius 3 is 2.81 bits per heavy atom. The molecule has 0 aliphatic rings. The van der Waals surface area contributed by atoms with Crippen molar-refractivity contribution in [2.45, 2.75) is 6.92 Å². The molecule has 0 amide bonds. The Kier molecular flexibility index (Phi) is 3.35. The monoisotopic (exact) mass is 258 g/mol. The van der Waals surface area contributed by atoms with Crippen molar-refractivity contribution in [3.8, 4) is 0 Å². The summed E-state index contributed by atoms with van der Waals surface area (Å²) in [5.74, 6) is 0. The van der Waals surface area contributed by atoms with Gasteiger partial charge in [0.1, 0.15) is 0 Å². The zero-order valence-corrected chi connectivity index (χ0v) is 10.2. The van der Waals surface area contributed by atoms with Gasteiger partial charge in [0.25, 0.3) is 0 Å². The summed E-state index contributed by atoms with van der Waals surface area (Å²) < 4.78 is 1.92. The molecule has 86 valence electrons. The Bertz CT molecular complexity index is 626. The predicted octanol–water partition coefficient (Wildman–Crippen LogP) is 2.55. The first kappa shape index (κ1) is 12.7. The maximum atomic E-state index is 5.85. The third-order valence-corrected chi connectivity index (χ3v) is 2.50. The van der Waals surface area contributed by atoms with Gasteiger partial charge in [0, 0.05) is 18.0 Å². The molecule has 3 aromatic rings. The van der Waals surface area contributed by atoms with Crippen LogP contribution in [0.5, 0.6) is 0 Å². The molecule has 0 saturated heterocycles. The largest absolute Gasteiger partial charge is 0.398 e. The molecule has 2 aromatic heterocycles. The summed E-state index contributed by atoms with van der Waals surface area (Å²) in [5.41, 5.74) is 10.6. The highest BCUT2D eigenvalue weighted by Crippen LogP contribution is 2.21. The molecular weight excluding hydrogens is 247 g/mol. The van der Waals surface area contributed by atoms with Crippen molar-refractivity contribution in [3.63, 3.8) is 0 Å². The van der Waals surface area contributed by atoms with Gasteiger partial charge in [-0.05, 0) is 24.6 Å². The quantitative estimate of drug-likeness (QED) is 0.609. The number of nitrogens with one attached hydrogen (secondary N) is 1. The number of nitrogen functional groups attached to an aromatic ring is 1. The van der Waals surface area contributed by atoms with E-state index in [9.17, 15) is 0 Å². The molecule has 0 aliphatic carbocycles. The first-order chi connectivity index (χ1) is 6.75. The number of hydrogen-bond donors (Lipinski definition) is 2. The SMILES string of the molecule is Cc1cc2nc3cc[nH]n3c2cc1N.Cl.Cl. The lowest BCUT2D eigenvalue weighted by atomic mass is 10.2. The molecule has 0 fully saturated rings. The van der Waals surface area contributed by atoms with Crippen LogP contribution in [0, 0.1) is 6.92 Å². The number of anilines is 1. The van der Waals surface area contributed by atoms with E-state index in [4.69, 9.17) is 5.73 Å². The number of benzene rings is 1. The second kappa shape index (κ2) is 4.23. The van der Waals surface area contributed by atoms with Crippen LogP contribution in [-0.2, 0) is 0 Å². The minimum atomic E-state index is 0. The number of nitrogens with two attached hydrogens (primary N) is 1. The number of aromatic amines is 1. The molecular formula is C10H12Cl2N4. The number of aromatic nitrogens is 3. The van der Waals surface area contributed by atoms with E-state index in [0.29, 0.717) is 0 Å². The van der Waals surface area contributed by atoms with E-state index in [1.807, 2.05) is 35.8 Å². The second-order valence-electron chi connectivity index (χ2n) is 3.47. The fraction of sp³-hybridized carbons (Fsp3) is 0.100. The summed E-state index contributed by atoms with van der Waals surface area (Å²) in [6.45, 7) is 1.99. The number of H-pyrrole nitrogens is 1. The number of fused-ring (bicyclic) bond motifs is 3. The molecule has 0 radical (unpaired) electrons. The van der Waals surface area contributed by atoms with E-state index >= 15 is 0 Å². The van der Waals surface area contributed by atoms with Gasteiger partial charge in [-0.2, -0.15) is 0 Å². The van der Waals surface area contributed by atoms with Gasteiger partial charge >= 0.3 is 0 Å². The Morgan fingerprint density at radius 1 is 1.31 bits per heavy atom. The molecule has 0 spiro atoms. The fourth-order valence-corrected chi connectivity index (χ4v) is 1.70. The number of hydrogen-bond acceptors (Lipinski definition) is 2. The zero-order chi connectivity index (χ0) is 9.71. The number of rotatable bonds is 0. The standard InChI is InChI=1S/C10H10N4.2ClH/c1-6-4-8-9(5-7(6)11)14-10(13-8)2-3-12-14;;/h2-5,12H,11H2,1H3;2*1H. The van der Waals surface area contributed by atoms with Crippen molar-refractivity contribution < 1.29 is 0 Å². The van der Waals surface area contributed by atoms with Gasteiger partial charge in [0.15, 0.2) is 5.65 Å². The van der Waals surface area contributed by atoms with Crippen LogP contribution < -0.4 is 5.73 Å². The van der Waals surface area contributed by atoms with E-state index < -0.39 is 0 Å².